The topological polar surface area (TPSA) is 79.5 Å². The molecule has 9 heteroatoms. The van der Waals surface area contributed by atoms with Gasteiger partial charge in [0, 0.05) is 5.56 Å². The predicted octanol–water partition coefficient (Wildman–Crippen LogP) is 2.39. The van der Waals surface area contributed by atoms with Crippen molar-refractivity contribution in [3.63, 3.8) is 0 Å². The van der Waals surface area contributed by atoms with E-state index in [4.69, 9.17) is 17.0 Å². The first kappa shape index (κ1) is 19.1. The normalized spacial score (nSPS) is 9.88. The lowest BCUT2D eigenvalue weighted by Gasteiger charge is -2.11. The maximum absolute atomic E-state index is 13.5. The molecule has 0 heterocycles. The lowest BCUT2D eigenvalue weighted by molar-refractivity contribution is 0.0933. The Kier molecular flexibility index (Phi) is 6.65. The molecule has 25 heavy (non-hydrogen) atoms. The molecule has 6 nitrogen and oxygen atoms in total. The van der Waals surface area contributed by atoms with Crippen LogP contribution in [-0.2, 0) is 0 Å². The molecule has 0 aliphatic carbocycles. The highest BCUT2D eigenvalue weighted by Crippen LogP contribution is 2.21. The zero-order valence-electron chi connectivity index (χ0n) is 12.9. The van der Waals surface area contributed by atoms with Crippen LogP contribution in [0.5, 0.6) is 5.75 Å². The number of hydrazine groups is 1. The monoisotopic (exact) mass is 473 g/mol. The van der Waals surface area contributed by atoms with Crippen LogP contribution < -0.4 is 20.9 Å². The van der Waals surface area contributed by atoms with Crippen LogP contribution >= 0.6 is 34.8 Å². The second-order valence-corrected chi connectivity index (χ2v) is 6.26. The zero-order valence-corrected chi connectivity index (χ0v) is 15.9. The summed E-state index contributed by atoms with van der Waals surface area (Å²) in [6, 6.07) is 10.4. The van der Waals surface area contributed by atoms with E-state index in [0.717, 1.165) is 3.57 Å². The van der Waals surface area contributed by atoms with E-state index in [0.29, 0.717) is 11.3 Å². The molecule has 0 saturated carbocycles. The number of ether oxygens (including phenoxy) is 1. The molecule has 130 valence electrons. The van der Waals surface area contributed by atoms with Crippen molar-refractivity contribution in [2.45, 2.75) is 0 Å². The summed E-state index contributed by atoms with van der Waals surface area (Å²) in [5.74, 6) is -1.19. The van der Waals surface area contributed by atoms with Crippen molar-refractivity contribution < 1.29 is 18.7 Å². The number of hydrogen-bond donors (Lipinski definition) is 3. The Bertz CT molecular complexity index is 832. The summed E-state index contributed by atoms with van der Waals surface area (Å²) >= 11 is 6.95. The van der Waals surface area contributed by atoms with Gasteiger partial charge in [-0.05, 0) is 65.1 Å². The van der Waals surface area contributed by atoms with Gasteiger partial charge in [0.1, 0.15) is 11.6 Å². The highest BCUT2D eigenvalue weighted by atomic mass is 127. The van der Waals surface area contributed by atoms with Crippen molar-refractivity contribution in [3.8, 4) is 5.75 Å². The van der Waals surface area contributed by atoms with Gasteiger partial charge in [0.15, 0.2) is 5.11 Å². The van der Waals surface area contributed by atoms with Crippen molar-refractivity contribution in [1.29, 1.82) is 0 Å². The van der Waals surface area contributed by atoms with Gasteiger partial charge in [-0.1, -0.05) is 12.1 Å². The average molecular weight is 473 g/mol. The summed E-state index contributed by atoms with van der Waals surface area (Å²) in [6.45, 7) is 0. The van der Waals surface area contributed by atoms with Gasteiger partial charge < -0.3 is 4.74 Å². The Morgan fingerprint density at radius 1 is 1.12 bits per heavy atom. The van der Waals surface area contributed by atoms with E-state index in [-0.39, 0.29) is 10.7 Å². The number of thiocarbonyl (C=S) groups is 1. The molecule has 2 amide bonds. The number of benzene rings is 2. The Labute approximate surface area is 162 Å². The maximum Gasteiger partial charge on any atom is 0.269 e. The van der Waals surface area contributed by atoms with Crippen LogP contribution in [0.25, 0.3) is 0 Å². The van der Waals surface area contributed by atoms with Gasteiger partial charge in [-0.3, -0.25) is 25.8 Å². The van der Waals surface area contributed by atoms with Gasteiger partial charge in [-0.25, -0.2) is 4.39 Å². The summed E-state index contributed by atoms with van der Waals surface area (Å²) in [6.07, 6.45) is 0. The van der Waals surface area contributed by atoms with E-state index in [1.165, 1.54) is 31.4 Å². The third-order valence-electron chi connectivity index (χ3n) is 3.05. The molecule has 0 aliphatic heterocycles. The molecular formula is C16H13FIN3O3S. The molecule has 2 aromatic carbocycles. The van der Waals surface area contributed by atoms with E-state index in [9.17, 15) is 14.0 Å². The molecule has 0 unspecified atom stereocenters. The summed E-state index contributed by atoms with van der Waals surface area (Å²) < 4.78 is 19.4. The number of carbonyl (C=O) groups excluding carboxylic acids is 2. The molecule has 0 fully saturated rings. The van der Waals surface area contributed by atoms with E-state index in [1.807, 2.05) is 22.6 Å². The molecule has 0 bridgehead atoms. The summed E-state index contributed by atoms with van der Waals surface area (Å²) in [7, 11) is 1.54. The number of carbonyl (C=O) groups is 2. The number of hydrogen-bond acceptors (Lipinski definition) is 4. The van der Waals surface area contributed by atoms with Crippen LogP contribution in [0.1, 0.15) is 20.7 Å². The Balaban J connectivity index is 1.91. The molecule has 0 aromatic heterocycles. The number of methoxy groups -OCH3 is 1. The number of nitrogens with one attached hydrogen (secondary N) is 3. The van der Waals surface area contributed by atoms with Crippen molar-refractivity contribution >= 4 is 51.7 Å². The summed E-state index contributed by atoms with van der Waals surface area (Å²) in [4.78, 5) is 24.0. The highest BCUT2D eigenvalue weighted by molar-refractivity contribution is 14.1. The van der Waals surface area contributed by atoms with Crippen LogP contribution in [0.3, 0.4) is 0 Å². The minimum Gasteiger partial charge on any atom is -0.496 e. The van der Waals surface area contributed by atoms with E-state index >= 15 is 0 Å². The van der Waals surface area contributed by atoms with Crippen LogP contribution in [0.2, 0.25) is 0 Å². The predicted molar refractivity (Wildman–Crippen MR) is 103 cm³/mol. The molecule has 0 aliphatic rings. The third kappa shape index (κ3) is 5.10. The molecule has 0 radical (unpaired) electrons. The van der Waals surface area contributed by atoms with Crippen molar-refractivity contribution in [1.82, 2.24) is 16.2 Å². The third-order valence-corrected chi connectivity index (χ3v) is 4.10. The lowest BCUT2D eigenvalue weighted by atomic mass is 10.2. The van der Waals surface area contributed by atoms with Crippen LogP contribution in [0, 0.1) is 9.39 Å². The van der Waals surface area contributed by atoms with E-state index < -0.39 is 17.6 Å². The van der Waals surface area contributed by atoms with Gasteiger partial charge in [0.25, 0.3) is 11.8 Å². The van der Waals surface area contributed by atoms with Crippen molar-refractivity contribution in [3.05, 3.63) is 63.0 Å². The number of halogens is 2. The fourth-order valence-electron chi connectivity index (χ4n) is 1.84. The molecular weight excluding hydrogens is 460 g/mol. The van der Waals surface area contributed by atoms with Gasteiger partial charge in [0.05, 0.1) is 16.2 Å². The smallest absolute Gasteiger partial charge is 0.269 e. The minimum absolute atomic E-state index is 0.150. The lowest BCUT2D eigenvalue weighted by Crippen LogP contribution is -2.48. The van der Waals surface area contributed by atoms with Gasteiger partial charge in [-0.15, -0.1) is 0 Å². The first-order chi connectivity index (χ1) is 11.9. The maximum atomic E-state index is 13.5. The molecule has 0 spiro atoms. The fraction of sp³-hybridized carbons (Fsp3) is 0.0625. The van der Waals surface area contributed by atoms with Crippen molar-refractivity contribution in [2.75, 3.05) is 7.11 Å². The van der Waals surface area contributed by atoms with Gasteiger partial charge in [-0.2, -0.15) is 0 Å². The molecule has 0 atom stereocenters. The fourth-order valence-corrected chi connectivity index (χ4v) is 2.72. The SMILES string of the molecule is COc1ccc(C(=O)NNC(=S)NC(=O)c2ccccc2F)cc1I. The van der Waals surface area contributed by atoms with E-state index in [2.05, 4.69) is 16.2 Å². The van der Waals surface area contributed by atoms with Crippen LogP contribution in [0.4, 0.5) is 4.39 Å². The zero-order chi connectivity index (χ0) is 18.4. The second-order valence-electron chi connectivity index (χ2n) is 4.69. The summed E-state index contributed by atoms with van der Waals surface area (Å²) in [5, 5.41) is 2.12. The summed E-state index contributed by atoms with van der Waals surface area (Å²) in [5.41, 5.74) is 4.97. The largest absolute Gasteiger partial charge is 0.496 e. The van der Waals surface area contributed by atoms with E-state index in [1.54, 1.807) is 18.2 Å². The highest BCUT2D eigenvalue weighted by Gasteiger charge is 2.13. The first-order valence-corrected chi connectivity index (χ1v) is 8.41. The average Bonchev–Trinajstić information content (AvgIpc) is 2.59. The van der Waals surface area contributed by atoms with Gasteiger partial charge in [0.2, 0.25) is 0 Å². The first-order valence-electron chi connectivity index (χ1n) is 6.92. The second kappa shape index (κ2) is 8.72. The standard InChI is InChI=1S/C16H13FIN3O3S/c1-24-13-7-6-9(8-12(13)18)14(22)20-21-16(25)19-15(23)10-4-2-3-5-11(10)17/h2-8H,1H3,(H,20,22)(H2,19,21,23,25). The minimum atomic E-state index is -0.719. The van der Waals surface area contributed by atoms with Gasteiger partial charge >= 0.3 is 0 Å². The van der Waals surface area contributed by atoms with Crippen LogP contribution in [0.15, 0.2) is 42.5 Å². The molecule has 3 N–H and O–H groups in total. The quantitative estimate of drug-likeness (QED) is 0.363. The van der Waals surface area contributed by atoms with Crippen molar-refractivity contribution in [2.24, 2.45) is 0 Å². The molecule has 2 aromatic rings. The Morgan fingerprint density at radius 3 is 2.48 bits per heavy atom. The Hall–Kier alpha value is -2.27. The molecule has 0 saturated heterocycles. The van der Waals surface area contributed by atoms with Crippen LogP contribution in [-0.4, -0.2) is 24.0 Å². The molecule has 2 rings (SSSR count). The number of amides is 2. The Morgan fingerprint density at radius 2 is 1.84 bits per heavy atom. The number of rotatable bonds is 3.